The van der Waals surface area contributed by atoms with Gasteiger partial charge in [0.15, 0.2) is 0 Å². The summed E-state index contributed by atoms with van der Waals surface area (Å²) in [7, 11) is 0. The molecule has 0 aromatic carbocycles. The molecule has 4 N–H and O–H groups in total. The molecule has 0 aliphatic rings. The van der Waals surface area contributed by atoms with Crippen molar-refractivity contribution in [2.45, 2.75) is 25.4 Å². The summed E-state index contributed by atoms with van der Waals surface area (Å²) in [5, 5.41) is 35.2. The number of hydrogen-bond acceptors (Lipinski definition) is 4. The van der Waals surface area contributed by atoms with Crippen molar-refractivity contribution in [2.24, 2.45) is 5.92 Å². The number of aliphatic hydroxyl groups is 4. The largest absolute Gasteiger partial charge is 0.396 e. The van der Waals surface area contributed by atoms with E-state index in [1.165, 1.54) is 0 Å². The third kappa shape index (κ3) is 4.66. The Hall–Kier alpha value is -0.160. The van der Waals surface area contributed by atoms with Crippen LogP contribution in [-0.2, 0) is 0 Å². The third-order valence-electron chi connectivity index (χ3n) is 1.94. The Balaban J connectivity index is 3.60. The highest BCUT2D eigenvalue weighted by Gasteiger charge is 2.16. The highest BCUT2D eigenvalue weighted by atomic mass is 16.3. The summed E-state index contributed by atoms with van der Waals surface area (Å²) in [6.07, 6.45) is 0.794. The van der Waals surface area contributed by atoms with Gasteiger partial charge < -0.3 is 20.4 Å². The summed E-state index contributed by atoms with van der Waals surface area (Å²) in [6.45, 7) is -0.0943. The quantitative estimate of drug-likeness (QED) is 0.408. The van der Waals surface area contributed by atoms with E-state index in [0.717, 1.165) is 0 Å². The summed E-state index contributed by atoms with van der Waals surface area (Å²) >= 11 is 0. The zero-order valence-corrected chi connectivity index (χ0v) is 7.19. The van der Waals surface area contributed by atoms with Crippen LogP contribution < -0.4 is 0 Å². The first-order valence-corrected chi connectivity index (χ1v) is 4.26. The van der Waals surface area contributed by atoms with Gasteiger partial charge in [-0.3, -0.25) is 0 Å². The highest BCUT2D eigenvalue weighted by molar-refractivity contribution is 4.67. The second kappa shape index (κ2) is 7.49. The molecule has 12 heavy (non-hydrogen) atoms. The van der Waals surface area contributed by atoms with E-state index in [9.17, 15) is 5.11 Å². The molecule has 0 fully saturated rings. The molecule has 0 aliphatic carbocycles. The Labute approximate surface area is 72.5 Å². The molecule has 0 bridgehead atoms. The molecule has 0 aliphatic heterocycles. The van der Waals surface area contributed by atoms with Crippen LogP contribution in [0.1, 0.15) is 19.3 Å². The Morgan fingerprint density at radius 3 is 2.00 bits per heavy atom. The maximum absolute atomic E-state index is 9.39. The van der Waals surface area contributed by atoms with Crippen molar-refractivity contribution < 1.29 is 20.4 Å². The molecule has 0 heterocycles. The second-order valence-corrected chi connectivity index (χ2v) is 2.89. The van der Waals surface area contributed by atoms with E-state index in [1.54, 1.807) is 0 Å². The van der Waals surface area contributed by atoms with Crippen molar-refractivity contribution in [1.82, 2.24) is 0 Å². The van der Waals surface area contributed by atoms with E-state index in [4.69, 9.17) is 15.3 Å². The summed E-state index contributed by atoms with van der Waals surface area (Å²) in [5.41, 5.74) is 0. The van der Waals surface area contributed by atoms with Crippen molar-refractivity contribution in [3.63, 3.8) is 0 Å². The van der Waals surface area contributed by atoms with Gasteiger partial charge in [0.1, 0.15) is 0 Å². The van der Waals surface area contributed by atoms with E-state index in [0.29, 0.717) is 19.3 Å². The van der Waals surface area contributed by atoms with Crippen LogP contribution in [0.5, 0.6) is 0 Å². The molecule has 0 aromatic heterocycles. The first-order valence-electron chi connectivity index (χ1n) is 4.26. The smallest absolute Gasteiger partial charge is 0.0592 e. The van der Waals surface area contributed by atoms with Gasteiger partial charge in [0.25, 0.3) is 0 Å². The van der Waals surface area contributed by atoms with Crippen molar-refractivity contribution in [1.29, 1.82) is 0 Å². The monoisotopic (exact) mass is 178 g/mol. The molecular weight excluding hydrogens is 160 g/mol. The fourth-order valence-corrected chi connectivity index (χ4v) is 1.11. The van der Waals surface area contributed by atoms with E-state index >= 15 is 0 Å². The predicted molar refractivity (Wildman–Crippen MR) is 44.6 cm³/mol. The molecular formula is C8H18O4. The van der Waals surface area contributed by atoms with Gasteiger partial charge in [-0.1, -0.05) is 0 Å². The maximum Gasteiger partial charge on any atom is 0.0592 e. The first-order chi connectivity index (χ1) is 5.76. The maximum atomic E-state index is 9.39. The fraction of sp³-hybridized carbons (Fsp3) is 1.00. The van der Waals surface area contributed by atoms with Gasteiger partial charge in [-0.05, 0) is 19.3 Å². The molecule has 4 heteroatoms. The molecule has 0 saturated heterocycles. The summed E-state index contributed by atoms with van der Waals surface area (Å²) in [4.78, 5) is 0. The Bertz CT molecular complexity index is 97.1. The van der Waals surface area contributed by atoms with Gasteiger partial charge in [-0.25, -0.2) is 0 Å². The lowest BCUT2D eigenvalue weighted by Gasteiger charge is -2.19. The predicted octanol–water partition coefficient (Wildman–Crippen LogP) is -0.889. The Morgan fingerprint density at radius 1 is 0.917 bits per heavy atom. The van der Waals surface area contributed by atoms with Crippen LogP contribution in [0.15, 0.2) is 0 Å². The van der Waals surface area contributed by atoms with Crippen LogP contribution in [-0.4, -0.2) is 46.4 Å². The van der Waals surface area contributed by atoms with E-state index in [2.05, 4.69) is 0 Å². The first kappa shape index (κ1) is 11.8. The molecule has 0 rings (SSSR count). The second-order valence-electron chi connectivity index (χ2n) is 2.89. The molecule has 0 spiro atoms. The minimum atomic E-state index is -0.616. The average molecular weight is 178 g/mol. The molecule has 0 amide bonds. The number of aliphatic hydroxyl groups excluding tert-OH is 4. The third-order valence-corrected chi connectivity index (χ3v) is 1.94. The van der Waals surface area contributed by atoms with Gasteiger partial charge >= 0.3 is 0 Å². The summed E-state index contributed by atoms with van der Waals surface area (Å²) < 4.78 is 0. The van der Waals surface area contributed by atoms with Crippen LogP contribution in [0.2, 0.25) is 0 Å². The highest BCUT2D eigenvalue weighted by Crippen LogP contribution is 2.12. The van der Waals surface area contributed by atoms with Crippen LogP contribution in [0.25, 0.3) is 0 Å². The normalized spacial score (nSPS) is 16.0. The molecule has 4 nitrogen and oxygen atoms in total. The number of hydrogen-bond donors (Lipinski definition) is 4. The lowest BCUT2D eigenvalue weighted by Crippen LogP contribution is -2.25. The topological polar surface area (TPSA) is 80.9 Å². The minimum absolute atomic E-state index is 0.0264. The molecule has 0 saturated carbocycles. The van der Waals surface area contributed by atoms with Crippen molar-refractivity contribution in [3.05, 3.63) is 0 Å². The lowest BCUT2D eigenvalue weighted by atomic mass is 9.96. The molecule has 0 aromatic rings. The zero-order valence-electron chi connectivity index (χ0n) is 7.19. The van der Waals surface area contributed by atoms with Crippen LogP contribution in [0.4, 0.5) is 0 Å². The Kier molecular flexibility index (Phi) is 7.39. The van der Waals surface area contributed by atoms with Crippen molar-refractivity contribution in [2.75, 3.05) is 19.8 Å². The molecule has 2 unspecified atom stereocenters. The van der Waals surface area contributed by atoms with E-state index in [1.807, 2.05) is 0 Å². The summed E-state index contributed by atoms with van der Waals surface area (Å²) in [5.74, 6) is -0.262. The van der Waals surface area contributed by atoms with Crippen molar-refractivity contribution in [3.8, 4) is 0 Å². The SMILES string of the molecule is OCCCC(O)C(CO)CCO. The molecule has 2 atom stereocenters. The fourth-order valence-electron chi connectivity index (χ4n) is 1.11. The van der Waals surface area contributed by atoms with E-state index in [-0.39, 0.29) is 25.7 Å². The standard InChI is InChI=1S/C8H18O4/c9-4-1-2-8(12)7(6-11)3-5-10/h7-12H,1-6H2. The van der Waals surface area contributed by atoms with Crippen molar-refractivity contribution >= 4 is 0 Å². The van der Waals surface area contributed by atoms with Crippen LogP contribution in [0, 0.1) is 5.92 Å². The van der Waals surface area contributed by atoms with Gasteiger partial charge in [0.2, 0.25) is 0 Å². The van der Waals surface area contributed by atoms with Gasteiger partial charge in [0.05, 0.1) is 6.10 Å². The molecule has 74 valence electrons. The Morgan fingerprint density at radius 2 is 1.58 bits per heavy atom. The van der Waals surface area contributed by atoms with Crippen LogP contribution >= 0.6 is 0 Å². The average Bonchev–Trinajstić information content (AvgIpc) is 2.10. The van der Waals surface area contributed by atoms with Gasteiger partial charge in [-0.2, -0.15) is 0 Å². The minimum Gasteiger partial charge on any atom is -0.396 e. The van der Waals surface area contributed by atoms with Crippen LogP contribution in [0.3, 0.4) is 0 Å². The van der Waals surface area contributed by atoms with E-state index < -0.39 is 6.10 Å². The lowest BCUT2D eigenvalue weighted by molar-refractivity contribution is 0.0416. The zero-order chi connectivity index (χ0) is 9.40. The van der Waals surface area contributed by atoms with Gasteiger partial charge in [0, 0.05) is 25.7 Å². The number of rotatable bonds is 7. The summed E-state index contributed by atoms with van der Waals surface area (Å²) in [6, 6.07) is 0. The van der Waals surface area contributed by atoms with Gasteiger partial charge in [-0.15, -0.1) is 0 Å². The molecule has 0 radical (unpaired) electrons.